The minimum Gasteiger partial charge on any atom is -0.426 e. The van der Waals surface area contributed by atoms with E-state index in [1.807, 2.05) is 0 Å². The van der Waals surface area contributed by atoms with E-state index in [4.69, 9.17) is 14.9 Å². The molecule has 0 aromatic carbocycles. The molecule has 5 heteroatoms. The summed E-state index contributed by atoms with van der Waals surface area (Å²) in [6.45, 7) is 3.37. The summed E-state index contributed by atoms with van der Waals surface area (Å²) in [6.07, 6.45) is 1.62. The molecule has 0 fully saturated rings. The first-order valence-electron chi connectivity index (χ1n) is 3.04. The second-order valence-electron chi connectivity index (χ2n) is 2.62. The second-order valence-corrected chi connectivity index (χ2v) is 2.62. The number of allylic oxidation sites excluding steroid dienone is 1. The molecule has 0 bridgehead atoms. The van der Waals surface area contributed by atoms with Crippen LogP contribution in [0.1, 0.15) is 13.8 Å². The van der Waals surface area contributed by atoms with Crippen LogP contribution in [0.2, 0.25) is 0 Å². The molecular formula is C5H10BNO3. The maximum atomic E-state index is 8.80. The molecule has 1 aliphatic rings. The Balaban J connectivity index is 2.72. The van der Waals surface area contributed by atoms with Crippen LogP contribution in [0.3, 0.4) is 0 Å². The van der Waals surface area contributed by atoms with Crippen LogP contribution in [-0.2, 0) is 4.84 Å². The van der Waals surface area contributed by atoms with E-state index in [0.717, 1.165) is 0 Å². The summed E-state index contributed by atoms with van der Waals surface area (Å²) >= 11 is 0. The van der Waals surface area contributed by atoms with Crippen molar-refractivity contribution < 1.29 is 14.9 Å². The van der Waals surface area contributed by atoms with Gasteiger partial charge in [0.15, 0.2) is 0 Å². The molecule has 1 heterocycles. The molecule has 4 nitrogen and oxygen atoms in total. The third-order valence-electron chi connectivity index (χ3n) is 1.47. The van der Waals surface area contributed by atoms with Crippen LogP contribution in [0.15, 0.2) is 11.8 Å². The molecule has 0 saturated heterocycles. The molecule has 0 aromatic rings. The third-order valence-corrected chi connectivity index (χ3v) is 1.47. The summed E-state index contributed by atoms with van der Waals surface area (Å²) in [5, 5.41) is 17.6. The Bertz CT molecular complexity index is 170. The fourth-order valence-corrected chi connectivity index (χ4v) is 0.799. The maximum absolute atomic E-state index is 8.80. The van der Waals surface area contributed by atoms with Crippen LogP contribution >= 0.6 is 0 Å². The van der Waals surface area contributed by atoms with Crippen molar-refractivity contribution in [2.45, 2.75) is 19.3 Å². The van der Waals surface area contributed by atoms with E-state index in [0.29, 0.717) is 5.76 Å². The van der Waals surface area contributed by atoms with Crippen LogP contribution in [-0.4, -0.2) is 22.6 Å². The summed E-state index contributed by atoms with van der Waals surface area (Å²) in [4.78, 5) is 4.82. The molecule has 0 radical (unpaired) electrons. The quantitative estimate of drug-likeness (QED) is 0.420. The molecule has 0 aliphatic carbocycles. The number of rotatable bonds is 1. The molecule has 1 atom stereocenters. The van der Waals surface area contributed by atoms with E-state index < -0.39 is 12.6 Å². The van der Waals surface area contributed by atoms with Crippen LogP contribution in [0.4, 0.5) is 0 Å². The Hall–Kier alpha value is -0.515. The molecule has 1 rings (SSSR count). The van der Waals surface area contributed by atoms with Gasteiger partial charge in [0.25, 0.3) is 0 Å². The third kappa shape index (κ3) is 1.16. The van der Waals surface area contributed by atoms with Gasteiger partial charge in [-0.3, -0.25) is 0 Å². The first-order chi connectivity index (χ1) is 4.54. The lowest BCUT2D eigenvalue weighted by Crippen LogP contribution is -2.50. The van der Waals surface area contributed by atoms with E-state index >= 15 is 0 Å². The van der Waals surface area contributed by atoms with Crippen molar-refractivity contribution >= 4 is 7.12 Å². The van der Waals surface area contributed by atoms with Gasteiger partial charge in [0, 0.05) is 0 Å². The lowest BCUT2D eigenvalue weighted by atomic mass is 9.67. The van der Waals surface area contributed by atoms with E-state index in [1.165, 1.54) is 0 Å². The molecule has 1 unspecified atom stereocenters. The van der Waals surface area contributed by atoms with Crippen molar-refractivity contribution in [1.82, 2.24) is 5.48 Å². The van der Waals surface area contributed by atoms with Crippen LogP contribution in [0.5, 0.6) is 0 Å². The fraction of sp³-hybridized carbons (Fsp3) is 0.600. The second kappa shape index (κ2) is 2.27. The van der Waals surface area contributed by atoms with Crippen molar-refractivity contribution in [3.8, 4) is 0 Å². The SMILES string of the molecule is CC1=CC(C)(B(O)O)NO1. The fourth-order valence-electron chi connectivity index (χ4n) is 0.799. The first-order valence-corrected chi connectivity index (χ1v) is 3.04. The Morgan fingerprint density at radius 1 is 1.70 bits per heavy atom. The van der Waals surface area contributed by atoms with Gasteiger partial charge in [0.2, 0.25) is 0 Å². The average Bonchev–Trinajstić information content (AvgIpc) is 2.13. The summed E-state index contributed by atoms with van der Waals surface area (Å²) in [6, 6.07) is 0. The lowest BCUT2D eigenvalue weighted by molar-refractivity contribution is 0.0986. The molecule has 1 aliphatic heterocycles. The van der Waals surface area contributed by atoms with Crippen LogP contribution in [0, 0.1) is 0 Å². The number of hydroxylamine groups is 1. The summed E-state index contributed by atoms with van der Waals surface area (Å²) in [5.41, 5.74) is 1.63. The summed E-state index contributed by atoms with van der Waals surface area (Å²) in [7, 11) is -1.44. The minimum atomic E-state index is -1.44. The summed E-state index contributed by atoms with van der Waals surface area (Å²) < 4.78 is 0. The van der Waals surface area contributed by atoms with Gasteiger partial charge >= 0.3 is 7.12 Å². The molecule has 56 valence electrons. The van der Waals surface area contributed by atoms with Gasteiger partial charge in [-0.25, -0.2) is 0 Å². The molecule has 3 N–H and O–H groups in total. The van der Waals surface area contributed by atoms with Gasteiger partial charge in [-0.15, -0.1) is 5.48 Å². The van der Waals surface area contributed by atoms with Gasteiger partial charge in [-0.05, 0) is 19.9 Å². The lowest BCUT2D eigenvalue weighted by Gasteiger charge is -2.17. The van der Waals surface area contributed by atoms with Crippen LogP contribution < -0.4 is 5.48 Å². The van der Waals surface area contributed by atoms with Gasteiger partial charge in [-0.2, -0.15) is 0 Å². The van der Waals surface area contributed by atoms with E-state index in [2.05, 4.69) is 5.48 Å². The first kappa shape index (κ1) is 7.59. The Kier molecular flexibility index (Phi) is 1.72. The average molecular weight is 143 g/mol. The highest BCUT2D eigenvalue weighted by atomic mass is 16.7. The number of hydrogen-bond donors (Lipinski definition) is 3. The normalized spacial score (nSPS) is 31.4. The Morgan fingerprint density at radius 2 is 2.30 bits per heavy atom. The van der Waals surface area contributed by atoms with Crippen molar-refractivity contribution in [3.63, 3.8) is 0 Å². The summed E-state index contributed by atoms with van der Waals surface area (Å²) in [5.74, 6) is 0.649. The van der Waals surface area contributed by atoms with E-state index in [-0.39, 0.29) is 0 Å². The highest BCUT2D eigenvalue weighted by Crippen LogP contribution is 2.17. The molecule has 10 heavy (non-hydrogen) atoms. The van der Waals surface area contributed by atoms with Crippen molar-refractivity contribution in [2.75, 3.05) is 0 Å². The molecular weight excluding hydrogens is 133 g/mol. The molecule has 0 amide bonds. The predicted octanol–water partition coefficient (Wildman–Crippen LogP) is -0.804. The van der Waals surface area contributed by atoms with E-state index in [9.17, 15) is 0 Å². The Morgan fingerprint density at radius 3 is 2.50 bits per heavy atom. The number of hydrogen-bond acceptors (Lipinski definition) is 4. The predicted molar refractivity (Wildman–Crippen MR) is 36.6 cm³/mol. The molecule has 0 spiro atoms. The van der Waals surface area contributed by atoms with Crippen molar-refractivity contribution in [2.24, 2.45) is 0 Å². The monoisotopic (exact) mass is 143 g/mol. The Labute approximate surface area is 59.6 Å². The van der Waals surface area contributed by atoms with Crippen molar-refractivity contribution in [3.05, 3.63) is 11.8 Å². The minimum absolute atomic E-state index is 0.649. The standard InChI is InChI=1S/C5H10BNO3/c1-4-3-5(2,6(8)9)7-10-4/h3,7-9H,1-2H3. The zero-order chi connectivity index (χ0) is 7.78. The van der Waals surface area contributed by atoms with E-state index in [1.54, 1.807) is 19.9 Å². The van der Waals surface area contributed by atoms with Gasteiger partial charge < -0.3 is 14.9 Å². The molecule has 0 aromatic heterocycles. The molecule has 0 saturated carbocycles. The highest BCUT2D eigenvalue weighted by Gasteiger charge is 2.40. The maximum Gasteiger partial charge on any atom is 0.480 e. The van der Waals surface area contributed by atoms with Gasteiger partial charge in [0.05, 0.1) is 0 Å². The smallest absolute Gasteiger partial charge is 0.426 e. The number of nitrogens with one attached hydrogen (secondary N) is 1. The van der Waals surface area contributed by atoms with Gasteiger partial charge in [0.1, 0.15) is 11.2 Å². The topological polar surface area (TPSA) is 61.7 Å². The zero-order valence-electron chi connectivity index (χ0n) is 5.96. The zero-order valence-corrected chi connectivity index (χ0v) is 5.96. The van der Waals surface area contributed by atoms with Crippen molar-refractivity contribution in [1.29, 1.82) is 0 Å². The van der Waals surface area contributed by atoms with Gasteiger partial charge in [-0.1, -0.05) is 0 Å². The van der Waals surface area contributed by atoms with Crippen LogP contribution in [0.25, 0.3) is 0 Å². The highest BCUT2D eigenvalue weighted by molar-refractivity contribution is 6.46. The largest absolute Gasteiger partial charge is 0.480 e.